The molecule has 0 amide bonds. The summed E-state index contributed by atoms with van der Waals surface area (Å²) in [6, 6.07) is 8.68. The Morgan fingerprint density at radius 3 is 2.55 bits per heavy atom. The molecule has 1 aliphatic heterocycles. The van der Waals surface area contributed by atoms with E-state index in [9.17, 15) is 13.2 Å². The van der Waals surface area contributed by atoms with Gasteiger partial charge in [0.05, 0.1) is 35.8 Å². The Morgan fingerprint density at radius 2 is 1.97 bits per heavy atom. The summed E-state index contributed by atoms with van der Waals surface area (Å²) in [7, 11) is 1.89. The lowest BCUT2D eigenvalue weighted by molar-refractivity contribution is -0.175. The van der Waals surface area contributed by atoms with Gasteiger partial charge in [-0.15, -0.1) is 0 Å². The van der Waals surface area contributed by atoms with Crippen molar-refractivity contribution in [3.63, 3.8) is 0 Å². The van der Waals surface area contributed by atoms with E-state index in [1.165, 1.54) is 18.2 Å². The molecule has 156 valence electrons. The third kappa shape index (κ3) is 4.51. The molecule has 0 N–H and O–H groups in total. The lowest BCUT2D eigenvalue weighted by atomic mass is 9.87. The van der Waals surface area contributed by atoms with Gasteiger partial charge in [0.25, 0.3) is 0 Å². The number of nitrogens with zero attached hydrogens (tertiary/aromatic N) is 2. The average molecular weight is 427 g/mol. The molecule has 1 heterocycles. The fraction of sp³-hybridized carbons (Fsp3) is 0.381. The van der Waals surface area contributed by atoms with Crippen LogP contribution < -0.4 is 4.74 Å². The highest BCUT2D eigenvalue weighted by atomic mass is 35.5. The molecule has 0 bridgehead atoms. The first-order valence-electron chi connectivity index (χ1n) is 9.14. The molecule has 0 spiro atoms. The van der Waals surface area contributed by atoms with E-state index >= 15 is 0 Å². The zero-order chi connectivity index (χ0) is 21.2. The van der Waals surface area contributed by atoms with Crippen LogP contribution in [-0.4, -0.2) is 38.0 Å². The van der Waals surface area contributed by atoms with Gasteiger partial charge in [-0.25, -0.2) is 4.99 Å². The van der Waals surface area contributed by atoms with Crippen LogP contribution in [-0.2, 0) is 16.5 Å². The Bertz CT molecular complexity index is 911. The van der Waals surface area contributed by atoms with Crippen molar-refractivity contribution in [3.05, 3.63) is 58.1 Å². The van der Waals surface area contributed by atoms with Gasteiger partial charge >= 0.3 is 6.18 Å². The van der Waals surface area contributed by atoms with Crippen LogP contribution in [0.2, 0.25) is 5.02 Å². The van der Waals surface area contributed by atoms with Gasteiger partial charge < -0.3 is 14.4 Å². The number of ether oxygens (including phenoxy) is 2. The van der Waals surface area contributed by atoms with Crippen LogP contribution in [0.3, 0.4) is 0 Å². The molecule has 1 saturated heterocycles. The minimum Gasteiger partial charge on any atom is -0.477 e. The van der Waals surface area contributed by atoms with Crippen molar-refractivity contribution in [2.24, 2.45) is 4.99 Å². The topological polar surface area (TPSA) is 34.1 Å². The van der Waals surface area contributed by atoms with Gasteiger partial charge in [-0.3, -0.25) is 0 Å². The van der Waals surface area contributed by atoms with Crippen LogP contribution in [0.5, 0.6) is 5.75 Å². The predicted molar refractivity (Wildman–Crippen MR) is 107 cm³/mol. The van der Waals surface area contributed by atoms with Gasteiger partial charge in [-0.2, -0.15) is 13.2 Å². The highest BCUT2D eigenvalue weighted by Crippen LogP contribution is 2.43. The number of rotatable bonds is 6. The Balaban J connectivity index is 1.97. The van der Waals surface area contributed by atoms with E-state index in [1.54, 1.807) is 18.5 Å². The van der Waals surface area contributed by atoms with Crippen molar-refractivity contribution in [2.45, 2.75) is 25.6 Å². The summed E-state index contributed by atoms with van der Waals surface area (Å²) in [6.45, 7) is 4.92. The van der Waals surface area contributed by atoms with Crippen molar-refractivity contribution < 1.29 is 22.6 Å². The molecule has 29 heavy (non-hydrogen) atoms. The minimum atomic E-state index is -4.51. The Morgan fingerprint density at radius 1 is 1.28 bits per heavy atom. The molecule has 0 unspecified atom stereocenters. The van der Waals surface area contributed by atoms with Crippen LogP contribution in [0.25, 0.3) is 0 Å². The second-order valence-corrected chi connectivity index (χ2v) is 7.43. The van der Waals surface area contributed by atoms with Crippen molar-refractivity contribution >= 4 is 23.6 Å². The quantitative estimate of drug-likeness (QED) is 0.446. The summed E-state index contributed by atoms with van der Waals surface area (Å²) < 4.78 is 51.4. The maximum Gasteiger partial charge on any atom is 0.419 e. The fourth-order valence-electron chi connectivity index (χ4n) is 3.06. The normalized spacial score (nSPS) is 16.0. The number of alkyl halides is 3. The number of benzene rings is 2. The Labute approximate surface area is 172 Å². The number of aliphatic imine (C=N–C) groups is 1. The molecule has 0 radical (unpaired) electrons. The summed E-state index contributed by atoms with van der Waals surface area (Å²) in [5, 5.41) is 0.394. The van der Waals surface area contributed by atoms with Crippen molar-refractivity contribution in [3.8, 4) is 5.75 Å². The van der Waals surface area contributed by atoms with Crippen LogP contribution in [0.1, 0.15) is 23.6 Å². The number of hydrogen-bond donors (Lipinski definition) is 0. The molecule has 2 aromatic carbocycles. The lowest BCUT2D eigenvalue weighted by Crippen LogP contribution is -2.52. The number of halogens is 4. The van der Waals surface area contributed by atoms with Crippen LogP contribution in [0.4, 0.5) is 18.9 Å². The van der Waals surface area contributed by atoms with Gasteiger partial charge in [-0.1, -0.05) is 23.7 Å². The molecule has 2 aromatic rings. The Hall–Kier alpha value is -2.25. The molecular formula is C21H22ClF3N2O2. The zero-order valence-corrected chi connectivity index (χ0v) is 17.1. The molecule has 0 aromatic heterocycles. The first-order chi connectivity index (χ1) is 13.7. The van der Waals surface area contributed by atoms with Crippen LogP contribution in [0, 0.1) is 6.92 Å². The second kappa shape index (κ2) is 8.24. The van der Waals surface area contributed by atoms with Crippen LogP contribution in [0.15, 0.2) is 41.4 Å². The first-order valence-corrected chi connectivity index (χ1v) is 9.52. The third-order valence-electron chi connectivity index (χ3n) is 4.85. The maximum atomic E-state index is 13.4. The standard InChI is InChI=1S/C21H22ClF3N2O2/c1-4-27(3)13-26-18-9-14(2)16(10-17(18)22)20(11-28-12-20)29-19-8-6-5-7-15(19)21(23,24)25/h5-10,13H,4,11-12H2,1-3H3. The van der Waals surface area contributed by atoms with E-state index in [1.807, 2.05) is 25.8 Å². The molecule has 1 fully saturated rings. The summed E-state index contributed by atoms with van der Waals surface area (Å²) >= 11 is 6.41. The van der Waals surface area contributed by atoms with Crippen molar-refractivity contribution in [2.75, 3.05) is 26.8 Å². The van der Waals surface area contributed by atoms with Gasteiger partial charge in [0.1, 0.15) is 5.75 Å². The number of aryl methyl sites for hydroxylation is 1. The number of hydrogen-bond acceptors (Lipinski definition) is 3. The first kappa shape index (κ1) is 21.5. The third-order valence-corrected chi connectivity index (χ3v) is 5.15. The highest BCUT2D eigenvalue weighted by molar-refractivity contribution is 6.33. The smallest absolute Gasteiger partial charge is 0.419 e. The predicted octanol–water partition coefficient (Wildman–Crippen LogP) is 5.58. The molecule has 1 aliphatic rings. The van der Waals surface area contributed by atoms with Crippen molar-refractivity contribution in [1.29, 1.82) is 0 Å². The van der Waals surface area contributed by atoms with E-state index in [2.05, 4.69) is 4.99 Å². The molecule has 3 rings (SSSR count). The minimum absolute atomic E-state index is 0.136. The molecule has 0 saturated carbocycles. The van der Waals surface area contributed by atoms with Gasteiger partial charge in [0, 0.05) is 19.2 Å². The summed E-state index contributed by atoms with van der Waals surface area (Å²) in [6.07, 6.45) is -2.84. The lowest BCUT2D eigenvalue weighted by Gasteiger charge is -2.43. The Kier molecular flexibility index (Phi) is 6.10. The molecular weight excluding hydrogens is 405 g/mol. The maximum absolute atomic E-state index is 13.4. The second-order valence-electron chi connectivity index (χ2n) is 7.02. The molecule has 0 aliphatic carbocycles. The SMILES string of the molecule is CCN(C)C=Nc1cc(C)c(C2(Oc3ccccc3C(F)(F)F)COC2)cc1Cl. The van der Waals surface area contributed by atoms with E-state index in [0.717, 1.165) is 18.2 Å². The average Bonchev–Trinajstić information content (AvgIpc) is 2.64. The monoisotopic (exact) mass is 426 g/mol. The van der Waals surface area contributed by atoms with E-state index in [-0.39, 0.29) is 19.0 Å². The largest absolute Gasteiger partial charge is 0.477 e. The van der Waals surface area contributed by atoms with Gasteiger partial charge in [-0.05, 0) is 43.7 Å². The summed E-state index contributed by atoms with van der Waals surface area (Å²) in [5.74, 6) is -0.231. The van der Waals surface area contributed by atoms with E-state index in [4.69, 9.17) is 21.1 Å². The fourth-order valence-corrected chi connectivity index (χ4v) is 3.27. The van der Waals surface area contributed by atoms with Gasteiger partial charge in [0.2, 0.25) is 0 Å². The highest BCUT2D eigenvalue weighted by Gasteiger charge is 2.46. The summed E-state index contributed by atoms with van der Waals surface area (Å²) in [5.41, 5.74) is 0.234. The molecule has 4 nitrogen and oxygen atoms in total. The zero-order valence-electron chi connectivity index (χ0n) is 16.4. The number of para-hydroxylation sites is 1. The summed E-state index contributed by atoms with van der Waals surface area (Å²) in [4.78, 5) is 6.28. The molecule has 0 atom stereocenters. The van der Waals surface area contributed by atoms with E-state index < -0.39 is 17.3 Å². The van der Waals surface area contributed by atoms with E-state index in [0.29, 0.717) is 16.3 Å². The van der Waals surface area contributed by atoms with Gasteiger partial charge in [0.15, 0.2) is 5.60 Å². The van der Waals surface area contributed by atoms with Crippen LogP contribution >= 0.6 is 11.6 Å². The molecule has 8 heteroatoms. The van der Waals surface area contributed by atoms with Crippen molar-refractivity contribution in [1.82, 2.24) is 4.90 Å².